The summed E-state index contributed by atoms with van der Waals surface area (Å²) in [4.78, 5) is 54.0. The minimum absolute atomic E-state index is 0.0452. The lowest BCUT2D eigenvalue weighted by molar-refractivity contribution is -0.385. The average Bonchev–Trinajstić information content (AvgIpc) is 3.35. The van der Waals surface area contributed by atoms with Crippen molar-refractivity contribution >= 4 is 40.5 Å². The number of carbonyl (C=O) groups excluding carboxylic acids is 1. The van der Waals surface area contributed by atoms with E-state index in [0.717, 1.165) is 16.9 Å². The van der Waals surface area contributed by atoms with Gasteiger partial charge in [-0.2, -0.15) is 0 Å². The van der Waals surface area contributed by atoms with Gasteiger partial charge in [0.15, 0.2) is 16.3 Å². The summed E-state index contributed by atoms with van der Waals surface area (Å²) >= 11 is 0.956. The molecule has 0 saturated carbocycles. The zero-order chi connectivity index (χ0) is 32.2. The van der Waals surface area contributed by atoms with Crippen molar-refractivity contribution in [2.45, 2.75) is 26.5 Å². The third kappa shape index (κ3) is 6.21. The number of allylic oxidation sites excluding steroid dienone is 1. The molecule has 0 amide bonds. The Kier molecular flexibility index (Phi) is 8.86. The van der Waals surface area contributed by atoms with E-state index < -0.39 is 27.4 Å². The lowest BCUT2D eigenvalue weighted by atomic mass is 9.96. The third-order valence-electron chi connectivity index (χ3n) is 6.97. The van der Waals surface area contributed by atoms with E-state index >= 15 is 0 Å². The highest BCUT2D eigenvalue weighted by Crippen LogP contribution is 2.36. The Morgan fingerprint density at radius 3 is 2.47 bits per heavy atom. The first-order chi connectivity index (χ1) is 21.6. The van der Waals surface area contributed by atoms with Crippen molar-refractivity contribution in [1.29, 1.82) is 0 Å². The fourth-order valence-electron chi connectivity index (χ4n) is 4.85. The minimum Gasteiger partial charge on any atom is -0.493 e. The molecule has 4 aromatic rings. The molecule has 2 heterocycles. The van der Waals surface area contributed by atoms with Crippen molar-refractivity contribution in [3.63, 3.8) is 0 Å². The molecule has 5 rings (SSSR count). The van der Waals surface area contributed by atoms with E-state index in [1.165, 1.54) is 48.1 Å². The summed E-state index contributed by atoms with van der Waals surface area (Å²) in [6.45, 7) is 3.39. The summed E-state index contributed by atoms with van der Waals surface area (Å²) in [7, 11) is 1.40. The van der Waals surface area contributed by atoms with Crippen LogP contribution in [0.25, 0.3) is 11.8 Å². The largest absolute Gasteiger partial charge is 0.493 e. The van der Waals surface area contributed by atoms with Gasteiger partial charge >= 0.3 is 5.97 Å². The predicted molar refractivity (Wildman–Crippen MR) is 165 cm³/mol. The number of fused-ring (bicyclic) bond motifs is 1. The van der Waals surface area contributed by atoms with Crippen LogP contribution in [0, 0.1) is 20.2 Å². The molecule has 0 fully saturated rings. The summed E-state index contributed by atoms with van der Waals surface area (Å²) in [5, 5.41) is 23.5. The molecule has 0 N–H and O–H groups in total. The van der Waals surface area contributed by atoms with Gasteiger partial charge in [0, 0.05) is 17.8 Å². The summed E-state index contributed by atoms with van der Waals surface area (Å²) in [5.41, 5.74) is 0.501. The monoisotopic (exact) mass is 630 g/mol. The highest BCUT2D eigenvalue weighted by atomic mass is 32.1. The molecule has 45 heavy (non-hydrogen) atoms. The van der Waals surface area contributed by atoms with E-state index in [2.05, 4.69) is 4.99 Å². The number of non-ortho nitro benzene ring substituents is 1. The highest BCUT2D eigenvalue weighted by molar-refractivity contribution is 7.07. The molecule has 0 unspecified atom stereocenters. The maximum absolute atomic E-state index is 13.7. The van der Waals surface area contributed by atoms with Crippen molar-refractivity contribution in [3.05, 3.63) is 129 Å². The fourth-order valence-corrected chi connectivity index (χ4v) is 5.88. The second kappa shape index (κ2) is 12.9. The summed E-state index contributed by atoms with van der Waals surface area (Å²) in [6.07, 6.45) is 1.36. The molecule has 1 aliphatic rings. The van der Waals surface area contributed by atoms with E-state index in [-0.39, 0.29) is 62.3 Å². The van der Waals surface area contributed by atoms with Gasteiger partial charge in [0.05, 0.1) is 45.3 Å². The Hall–Kier alpha value is -5.63. The van der Waals surface area contributed by atoms with Gasteiger partial charge in [-0.25, -0.2) is 9.79 Å². The molecule has 0 aliphatic carbocycles. The number of methoxy groups -OCH3 is 1. The van der Waals surface area contributed by atoms with Gasteiger partial charge in [-0.05, 0) is 37.1 Å². The molecule has 230 valence electrons. The number of esters is 1. The second-order valence-corrected chi connectivity index (χ2v) is 10.7. The van der Waals surface area contributed by atoms with E-state index in [1.807, 2.05) is 30.3 Å². The second-order valence-electron chi connectivity index (χ2n) is 9.73. The molecule has 0 bridgehead atoms. The Morgan fingerprint density at radius 2 is 1.80 bits per heavy atom. The Morgan fingerprint density at radius 1 is 1.04 bits per heavy atom. The average molecular weight is 631 g/mol. The minimum atomic E-state index is -0.995. The first-order valence-electron chi connectivity index (χ1n) is 13.6. The molecular formula is C31H26N4O9S. The fraction of sp³-hybridized carbons (Fsp3) is 0.194. The van der Waals surface area contributed by atoms with Crippen molar-refractivity contribution in [3.8, 4) is 11.5 Å². The maximum atomic E-state index is 13.7. The Balaban J connectivity index is 1.65. The number of nitro groups is 2. The summed E-state index contributed by atoms with van der Waals surface area (Å²) in [5.74, 6) is -0.351. The third-order valence-corrected chi connectivity index (χ3v) is 7.95. The van der Waals surface area contributed by atoms with E-state index in [1.54, 1.807) is 19.9 Å². The molecular weight excluding hydrogens is 604 g/mol. The number of carbonyl (C=O) groups is 1. The number of thiazole rings is 1. The summed E-state index contributed by atoms with van der Waals surface area (Å²) in [6, 6.07) is 16.6. The van der Waals surface area contributed by atoms with Crippen LogP contribution in [0.4, 0.5) is 11.4 Å². The number of ether oxygens (including phenoxy) is 3. The highest BCUT2D eigenvalue weighted by Gasteiger charge is 2.32. The van der Waals surface area contributed by atoms with Crippen LogP contribution in [-0.2, 0) is 16.1 Å². The van der Waals surface area contributed by atoms with E-state index in [9.17, 15) is 29.8 Å². The number of rotatable bonds is 10. The quantitative estimate of drug-likeness (QED) is 0.141. The van der Waals surface area contributed by atoms with Crippen LogP contribution in [-0.4, -0.2) is 34.1 Å². The lowest BCUT2D eigenvalue weighted by Crippen LogP contribution is -2.35. The van der Waals surface area contributed by atoms with Crippen molar-refractivity contribution in [1.82, 2.24) is 4.57 Å². The predicted octanol–water partition coefficient (Wildman–Crippen LogP) is 4.31. The van der Waals surface area contributed by atoms with Gasteiger partial charge in [0.1, 0.15) is 12.6 Å². The van der Waals surface area contributed by atoms with Gasteiger partial charge in [0.2, 0.25) is 0 Å². The first kappa shape index (κ1) is 30.8. The van der Waals surface area contributed by atoms with Crippen LogP contribution < -0.4 is 24.4 Å². The van der Waals surface area contributed by atoms with E-state index in [0.29, 0.717) is 5.56 Å². The number of benzene rings is 3. The van der Waals surface area contributed by atoms with Gasteiger partial charge in [-0.1, -0.05) is 53.8 Å². The Labute approximate surface area is 259 Å². The SMILES string of the molecule is CCOC(=O)C1=C(C)n2c(s/c(=C\c3cc(OC)c(OCc4ccccc4)cc3[N+](=O)[O-])c2=O)=N[C@H]1c1cccc([N+](=O)[O-])c1. The zero-order valence-corrected chi connectivity index (χ0v) is 25.1. The van der Waals surface area contributed by atoms with Crippen molar-refractivity contribution in [2.75, 3.05) is 13.7 Å². The van der Waals surface area contributed by atoms with Gasteiger partial charge < -0.3 is 14.2 Å². The van der Waals surface area contributed by atoms with Crippen molar-refractivity contribution in [2.24, 2.45) is 4.99 Å². The number of hydrogen-bond donors (Lipinski definition) is 0. The molecule has 13 nitrogen and oxygen atoms in total. The molecule has 14 heteroatoms. The molecule has 3 aromatic carbocycles. The number of nitro benzene ring substituents is 2. The topological polar surface area (TPSA) is 165 Å². The zero-order valence-electron chi connectivity index (χ0n) is 24.3. The molecule has 1 aromatic heterocycles. The standard InChI is InChI=1S/C31H26N4O9S/c1-4-43-30(37)27-18(2)33-29(36)26(45-31(33)32-28(27)20-11-8-12-22(13-20)34(38)39)15-21-14-24(42-3)25(16-23(21)35(40)41)44-17-19-9-6-5-7-10-19/h5-16,28H,4,17H2,1-3H3/b26-15-/t28-/m0/s1. The van der Waals surface area contributed by atoms with Gasteiger partial charge in [0.25, 0.3) is 16.9 Å². The van der Waals surface area contributed by atoms with Gasteiger partial charge in [-0.3, -0.25) is 29.6 Å². The number of hydrogen-bond acceptors (Lipinski definition) is 11. The van der Waals surface area contributed by atoms with Crippen LogP contribution in [0.3, 0.4) is 0 Å². The van der Waals surface area contributed by atoms with Crippen LogP contribution in [0.15, 0.2) is 82.1 Å². The smallest absolute Gasteiger partial charge is 0.338 e. The molecule has 1 aliphatic heterocycles. The maximum Gasteiger partial charge on any atom is 0.338 e. The number of nitrogens with zero attached hydrogens (tertiary/aromatic N) is 4. The van der Waals surface area contributed by atoms with Crippen LogP contribution in [0.2, 0.25) is 0 Å². The first-order valence-corrected chi connectivity index (χ1v) is 14.4. The normalized spacial score (nSPS) is 14.4. The molecule has 0 radical (unpaired) electrons. The lowest BCUT2D eigenvalue weighted by Gasteiger charge is -2.22. The summed E-state index contributed by atoms with van der Waals surface area (Å²) < 4.78 is 17.9. The molecule has 0 spiro atoms. The molecule has 0 saturated heterocycles. The van der Waals surface area contributed by atoms with Gasteiger partial charge in [-0.15, -0.1) is 0 Å². The number of aromatic nitrogens is 1. The van der Waals surface area contributed by atoms with Crippen LogP contribution in [0.1, 0.15) is 36.6 Å². The van der Waals surface area contributed by atoms with Crippen molar-refractivity contribution < 1.29 is 28.9 Å². The Bertz CT molecular complexity index is 2030. The van der Waals surface area contributed by atoms with E-state index in [4.69, 9.17) is 14.2 Å². The van der Waals surface area contributed by atoms with Crippen LogP contribution in [0.5, 0.6) is 11.5 Å². The molecule has 1 atom stereocenters. The van der Waals surface area contributed by atoms with Crippen LogP contribution >= 0.6 is 11.3 Å².